The molecule has 1 fully saturated rings. The minimum atomic E-state index is -3.02. The second-order valence-corrected chi connectivity index (χ2v) is 16.0. The summed E-state index contributed by atoms with van der Waals surface area (Å²) in [4.78, 5) is 27.4. The lowest BCUT2D eigenvalue weighted by Crippen LogP contribution is -2.63. The van der Waals surface area contributed by atoms with E-state index in [0.29, 0.717) is 35.1 Å². The van der Waals surface area contributed by atoms with Crippen LogP contribution in [0.15, 0.2) is 18.2 Å². The quantitative estimate of drug-likeness (QED) is 0.386. The van der Waals surface area contributed by atoms with Gasteiger partial charge in [-0.15, -0.1) is 0 Å². The highest BCUT2D eigenvalue weighted by Gasteiger charge is 2.65. The molecule has 0 bridgehead atoms. The third kappa shape index (κ3) is 2.32. The molecule has 0 unspecified atom stereocenters. The number of aromatic hydroxyl groups is 1. The predicted octanol–water partition coefficient (Wildman–Crippen LogP) is 6.30. The summed E-state index contributed by atoms with van der Waals surface area (Å²) >= 11 is 0. The Kier molecular flexibility index (Phi) is 3.92. The van der Waals surface area contributed by atoms with E-state index in [9.17, 15) is 14.7 Å². The van der Waals surface area contributed by atoms with Crippen LogP contribution in [-0.4, -0.2) is 25.2 Å². The average Bonchev–Trinajstić information content (AvgIpc) is 3.25. The van der Waals surface area contributed by atoms with Gasteiger partial charge in [-0.25, -0.2) is 0 Å². The van der Waals surface area contributed by atoms with Crippen molar-refractivity contribution in [2.24, 2.45) is 5.41 Å². The van der Waals surface area contributed by atoms with Crippen LogP contribution in [0, 0.1) is 5.41 Å². The van der Waals surface area contributed by atoms with Crippen LogP contribution in [0.2, 0.25) is 10.1 Å². The highest BCUT2D eigenvalue weighted by molar-refractivity contribution is 6.75. The van der Waals surface area contributed by atoms with Crippen molar-refractivity contribution in [2.75, 3.05) is 0 Å². The van der Waals surface area contributed by atoms with Crippen molar-refractivity contribution < 1.29 is 23.5 Å². The second-order valence-electron chi connectivity index (χ2n) is 11.4. The fourth-order valence-electron chi connectivity index (χ4n) is 6.15. The van der Waals surface area contributed by atoms with Crippen molar-refractivity contribution in [3.63, 3.8) is 0 Å². The molecule has 1 spiro atoms. The molecule has 2 aliphatic carbocycles. The summed E-state index contributed by atoms with van der Waals surface area (Å²) in [5.74, 6) is 0.537. The number of rotatable bonds is 0. The summed E-state index contributed by atoms with van der Waals surface area (Å²) in [5, 5.41) is 11.6. The maximum absolute atomic E-state index is 13.8. The zero-order valence-electron chi connectivity index (χ0n) is 19.1. The second kappa shape index (κ2) is 5.91. The third-order valence-electron chi connectivity index (χ3n) is 7.48. The van der Waals surface area contributed by atoms with Crippen LogP contribution in [0.4, 0.5) is 0 Å². The van der Waals surface area contributed by atoms with E-state index in [1.165, 1.54) is 0 Å². The van der Waals surface area contributed by atoms with Crippen LogP contribution >= 0.6 is 0 Å². The zero-order valence-corrected chi connectivity index (χ0v) is 20.1. The Balaban J connectivity index is 1.88. The first kappa shape index (κ1) is 20.6. The van der Waals surface area contributed by atoms with Gasteiger partial charge in [0.05, 0.1) is 21.9 Å². The minimum Gasteiger partial charge on any atom is -0.511 e. The summed E-state index contributed by atoms with van der Waals surface area (Å²) in [5.41, 5.74) is -0.611. The minimum absolute atomic E-state index is 0.120. The number of carbonyl (C=O) groups excluding carboxylic acids is 2. The van der Waals surface area contributed by atoms with E-state index in [1.54, 1.807) is 6.07 Å². The first-order valence-corrected chi connectivity index (χ1v) is 13.0. The molecule has 2 aromatic carbocycles. The van der Waals surface area contributed by atoms with Gasteiger partial charge in [0.15, 0.2) is 11.6 Å². The van der Waals surface area contributed by atoms with E-state index < -0.39 is 14.0 Å². The molecule has 0 atom stereocenters. The van der Waals surface area contributed by atoms with Gasteiger partial charge in [-0.05, 0) is 18.9 Å². The molecule has 5 nitrogen and oxygen atoms in total. The monoisotopic (exact) mass is 438 g/mol. The molecule has 0 amide bonds. The first-order valence-electron chi connectivity index (χ1n) is 11.1. The van der Waals surface area contributed by atoms with Gasteiger partial charge in [-0.1, -0.05) is 66.5 Å². The van der Waals surface area contributed by atoms with E-state index in [0.717, 1.165) is 12.8 Å². The molecule has 2 aromatic rings. The third-order valence-corrected chi connectivity index (χ3v) is 12.4. The standard InChI is InChI=1S/C25H30O5Si/c1-23(2,3)31(24(4,5)6)29-15-11-9-10-14-16(15)20(30-31)18-17(19(14)26)21(27)25(22(18)28)12-7-8-13-25/h9-11,26H,7-8,12-13H2,1-6H3. The Morgan fingerprint density at radius 2 is 1.48 bits per heavy atom. The van der Waals surface area contributed by atoms with Crippen LogP contribution in [0.1, 0.15) is 87.9 Å². The highest BCUT2D eigenvalue weighted by atomic mass is 28.4. The Hall–Kier alpha value is -2.34. The van der Waals surface area contributed by atoms with Crippen LogP contribution in [0.3, 0.4) is 0 Å². The van der Waals surface area contributed by atoms with Crippen molar-refractivity contribution in [3.05, 3.63) is 29.3 Å². The lowest BCUT2D eigenvalue weighted by atomic mass is 9.81. The van der Waals surface area contributed by atoms with E-state index in [4.69, 9.17) is 8.85 Å². The Bertz CT molecular complexity index is 1150. The van der Waals surface area contributed by atoms with Crippen molar-refractivity contribution >= 4 is 30.9 Å². The summed E-state index contributed by atoms with van der Waals surface area (Å²) in [7, 11) is -3.02. The van der Waals surface area contributed by atoms with Gasteiger partial charge in [0.25, 0.3) is 0 Å². The maximum atomic E-state index is 13.8. The molecule has 0 aromatic heterocycles. The average molecular weight is 439 g/mol. The fraction of sp³-hybridized carbons (Fsp3) is 0.520. The molecule has 5 rings (SSSR count). The molecule has 6 heteroatoms. The lowest BCUT2D eigenvalue weighted by Gasteiger charge is -2.50. The molecular weight excluding hydrogens is 408 g/mol. The number of carbonyl (C=O) groups is 2. The Morgan fingerprint density at radius 1 is 0.903 bits per heavy atom. The van der Waals surface area contributed by atoms with Crippen molar-refractivity contribution in [3.8, 4) is 17.2 Å². The molecule has 3 aliphatic rings. The fourth-order valence-corrected chi connectivity index (χ4v) is 10.6. The van der Waals surface area contributed by atoms with Gasteiger partial charge in [0.2, 0.25) is 0 Å². The smallest absolute Gasteiger partial charge is 0.471 e. The van der Waals surface area contributed by atoms with Crippen molar-refractivity contribution in [1.82, 2.24) is 0 Å². The highest BCUT2D eigenvalue weighted by Crippen LogP contribution is 2.61. The summed E-state index contributed by atoms with van der Waals surface area (Å²) < 4.78 is 13.6. The number of phenols is 1. The Labute approximate surface area is 184 Å². The molecule has 0 radical (unpaired) electrons. The van der Waals surface area contributed by atoms with Gasteiger partial charge >= 0.3 is 8.56 Å². The number of Topliss-reactive ketones (excluding diaryl/α,β-unsaturated/α-hetero) is 2. The van der Waals surface area contributed by atoms with Crippen LogP contribution in [-0.2, 0) is 0 Å². The molecule has 1 heterocycles. The molecule has 31 heavy (non-hydrogen) atoms. The van der Waals surface area contributed by atoms with Crippen LogP contribution < -0.4 is 8.85 Å². The normalized spacial score (nSPS) is 21.4. The SMILES string of the molecule is CC(C)(C)[Si]1(C(C)(C)C)Oc2cccc3c(O)c4c(c(c23)O1)C(=O)C1(CCCC1)C4=O. The van der Waals surface area contributed by atoms with E-state index in [1.807, 2.05) is 12.1 Å². The van der Waals surface area contributed by atoms with E-state index in [-0.39, 0.29) is 38.5 Å². The van der Waals surface area contributed by atoms with Gasteiger partial charge in [-0.3, -0.25) is 9.59 Å². The topological polar surface area (TPSA) is 72.8 Å². The van der Waals surface area contributed by atoms with E-state index >= 15 is 0 Å². The number of benzene rings is 2. The van der Waals surface area contributed by atoms with Crippen molar-refractivity contribution in [1.29, 1.82) is 0 Å². The van der Waals surface area contributed by atoms with E-state index in [2.05, 4.69) is 41.5 Å². The largest absolute Gasteiger partial charge is 0.511 e. The summed E-state index contributed by atoms with van der Waals surface area (Å²) in [6.07, 6.45) is 2.77. The van der Waals surface area contributed by atoms with Gasteiger partial charge in [0, 0.05) is 15.5 Å². The van der Waals surface area contributed by atoms with Crippen LogP contribution in [0.5, 0.6) is 17.2 Å². The van der Waals surface area contributed by atoms with Gasteiger partial charge < -0.3 is 14.0 Å². The number of phenolic OH excluding ortho intramolecular Hbond substituents is 1. The predicted molar refractivity (Wildman–Crippen MR) is 122 cm³/mol. The van der Waals surface area contributed by atoms with Crippen molar-refractivity contribution in [2.45, 2.75) is 77.3 Å². The van der Waals surface area contributed by atoms with Gasteiger partial charge in [0.1, 0.15) is 17.2 Å². The molecule has 1 saturated carbocycles. The molecule has 1 aliphatic heterocycles. The molecule has 164 valence electrons. The summed E-state index contributed by atoms with van der Waals surface area (Å²) in [6.45, 7) is 12.7. The number of fused-ring (bicyclic) bond motifs is 2. The first-order chi connectivity index (χ1) is 14.4. The number of ketones is 2. The summed E-state index contributed by atoms with van der Waals surface area (Å²) in [6, 6.07) is 5.48. The van der Waals surface area contributed by atoms with Crippen LogP contribution in [0.25, 0.3) is 10.8 Å². The number of hydrogen-bond acceptors (Lipinski definition) is 5. The molecular formula is C25H30O5Si. The zero-order chi connectivity index (χ0) is 22.6. The number of hydrogen-bond donors (Lipinski definition) is 1. The molecule has 0 saturated heterocycles. The van der Waals surface area contributed by atoms with Gasteiger partial charge in [-0.2, -0.15) is 0 Å². The lowest BCUT2D eigenvalue weighted by molar-refractivity contribution is 0.0704. The maximum Gasteiger partial charge on any atom is 0.471 e. The Morgan fingerprint density at radius 3 is 2.06 bits per heavy atom. The molecule has 1 N–H and O–H groups in total.